The summed E-state index contributed by atoms with van der Waals surface area (Å²) in [4.78, 5) is 24.7. The van der Waals surface area contributed by atoms with Crippen LogP contribution in [0.25, 0.3) is 0 Å². The molecule has 0 radical (unpaired) electrons. The fourth-order valence-electron chi connectivity index (χ4n) is 2.37. The first kappa shape index (κ1) is 18.6. The molecule has 0 bridgehead atoms. The van der Waals surface area contributed by atoms with Gasteiger partial charge in [0.1, 0.15) is 11.4 Å². The molecule has 3 aromatic rings. The Morgan fingerprint density at radius 2 is 1.96 bits per heavy atom. The number of anilines is 2. The van der Waals surface area contributed by atoms with Crippen molar-refractivity contribution in [3.63, 3.8) is 0 Å². The van der Waals surface area contributed by atoms with E-state index in [4.69, 9.17) is 16.3 Å². The summed E-state index contributed by atoms with van der Waals surface area (Å²) in [6.07, 6.45) is 4.87. The van der Waals surface area contributed by atoms with Gasteiger partial charge in [0.25, 0.3) is 5.91 Å². The van der Waals surface area contributed by atoms with Gasteiger partial charge in [-0.15, -0.1) is 0 Å². The van der Waals surface area contributed by atoms with Gasteiger partial charge in [-0.2, -0.15) is 0 Å². The van der Waals surface area contributed by atoms with Gasteiger partial charge in [-0.1, -0.05) is 11.6 Å². The van der Waals surface area contributed by atoms with Gasteiger partial charge in [-0.25, -0.2) is 9.97 Å². The molecule has 8 heteroatoms. The van der Waals surface area contributed by atoms with E-state index in [1.807, 2.05) is 25.1 Å². The van der Waals surface area contributed by atoms with Gasteiger partial charge < -0.3 is 15.4 Å². The van der Waals surface area contributed by atoms with E-state index in [2.05, 4.69) is 25.6 Å². The number of rotatable bonds is 6. The van der Waals surface area contributed by atoms with E-state index < -0.39 is 0 Å². The Morgan fingerprint density at radius 1 is 1.19 bits per heavy atom. The number of benzene rings is 1. The van der Waals surface area contributed by atoms with Gasteiger partial charge in [0, 0.05) is 36.2 Å². The number of halogens is 1. The zero-order valence-corrected chi connectivity index (χ0v) is 15.6. The lowest BCUT2D eigenvalue weighted by Gasteiger charge is -2.12. The quantitative estimate of drug-likeness (QED) is 0.677. The molecule has 138 valence electrons. The van der Waals surface area contributed by atoms with Crippen LogP contribution in [-0.2, 0) is 6.54 Å². The van der Waals surface area contributed by atoms with Gasteiger partial charge in [-0.05, 0) is 42.3 Å². The highest BCUT2D eigenvalue weighted by atomic mass is 35.5. The number of methoxy groups -OCH3 is 1. The fraction of sp³-hybridized carbons (Fsp3) is 0.158. The minimum absolute atomic E-state index is 0.256. The molecule has 0 fully saturated rings. The lowest BCUT2D eigenvalue weighted by molar-refractivity contribution is 0.0946. The standard InChI is InChI=1S/C19H18ClN5O2/c1-12-9-16(17(27-2)10-14(12)20)25-19-22-8-5-15(24-19)18(26)23-11-13-3-6-21-7-4-13/h3-10H,11H2,1-2H3,(H,23,26)(H,22,24,25). The van der Waals surface area contributed by atoms with Crippen molar-refractivity contribution < 1.29 is 9.53 Å². The summed E-state index contributed by atoms with van der Waals surface area (Å²) in [6.45, 7) is 2.27. The Kier molecular flexibility index (Phi) is 5.83. The molecule has 0 saturated heterocycles. The topological polar surface area (TPSA) is 89.0 Å². The van der Waals surface area contributed by atoms with Crippen LogP contribution in [0.2, 0.25) is 5.02 Å². The Labute approximate surface area is 161 Å². The van der Waals surface area contributed by atoms with E-state index in [1.54, 1.807) is 31.6 Å². The normalized spacial score (nSPS) is 10.3. The van der Waals surface area contributed by atoms with Crippen molar-refractivity contribution in [2.75, 3.05) is 12.4 Å². The predicted molar refractivity (Wildman–Crippen MR) is 103 cm³/mol. The zero-order chi connectivity index (χ0) is 19.2. The largest absolute Gasteiger partial charge is 0.495 e. The van der Waals surface area contributed by atoms with Crippen molar-refractivity contribution in [3.05, 3.63) is 70.8 Å². The van der Waals surface area contributed by atoms with Crippen molar-refractivity contribution in [2.45, 2.75) is 13.5 Å². The molecule has 1 amide bonds. The third-order valence-electron chi connectivity index (χ3n) is 3.82. The van der Waals surface area contributed by atoms with Crippen LogP contribution < -0.4 is 15.4 Å². The number of hydrogen-bond acceptors (Lipinski definition) is 6. The highest BCUT2D eigenvalue weighted by Crippen LogP contribution is 2.32. The van der Waals surface area contributed by atoms with Crippen LogP contribution in [0.1, 0.15) is 21.6 Å². The molecule has 2 heterocycles. The second-order valence-electron chi connectivity index (χ2n) is 5.73. The number of aryl methyl sites for hydroxylation is 1. The summed E-state index contributed by atoms with van der Waals surface area (Å²) >= 11 is 6.12. The van der Waals surface area contributed by atoms with Crippen molar-refractivity contribution in [1.29, 1.82) is 0 Å². The van der Waals surface area contributed by atoms with E-state index in [-0.39, 0.29) is 17.5 Å². The molecule has 0 aliphatic rings. The molecule has 3 rings (SSSR count). The molecule has 0 spiro atoms. The van der Waals surface area contributed by atoms with E-state index >= 15 is 0 Å². The van der Waals surface area contributed by atoms with Crippen LogP contribution in [0.3, 0.4) is 0 Å². The first-order valence-corrected chi connectivity index (χ1v) is 8.56. The summed E-state index contributed by atoms with van der Waals surface area (Å²) < 4.78 is 5.33. The fourth-order valence-corrected chi connectivity index (χ4v) is 2.52. The molecular weight excluding hydrogens is 366 g/mol. The maximum absolute atomic E-state index is 12.4. The lowest BCUT2D eigenvalue weighted by atomic mass is 10.2. The van der Waals surface area contributed by atoms with Gasteiger partial charge in [0.15, 0.2) is 0 Å². The van der Waals surface area contributed by atoms with Crippen LogP contribution >= 0.6 is 11.6 Å². The lowest BCUT2D eigenvalue weighted by Crippen LogP contribution is -2.24. The molecule has 0 aliphatic carbocycles. The van der Waals surface area contributed by atoms with Crippen molar-refractivity contribution >= 4 is 29.1 Å². The second kappa shape index (κ2) is 8.46. The van der Waals surface area contributed by atoms with Crippen LogP contribution in [0.15, 0.2) is 48.9 Å². The van der Waals surface area contributed by atoms with E-state index in [9.17, 15) is 4.79 Å². The molecule has 27 heavy (non-hydrogen) atoms. The summed E-state index contributed by atoms with van der Waals surface area (Å²) in [5.41, 5.74) is 2.75. The molecule has 0 unspecified atom stereocenters. The maximum atomic E-state index is 12.4. The number of ether oxygens (including phenoxy) is 1. The smallest absolute Gasteiger partial charge is 0.270 e. The van der Waals surface area contributed by atoms with Crippen LogP contribution in [-0.4, -0.2) is 28.0 Å². The van der Waals surface area contributed by atoms with Crippen LogP contribution in [0, 0.1) is 6.92 Å². The van der Waals surface area contributed by atoms with Crippen molar-refractivity contribution in [2.24, 2.45) is 0 Å². The monoisotopic (exact) mass is 383 g/mol. The van der Waals surface area contributed by atoms with Crippen LogP contribution in [0.5, 0.6) is 5.75 Å². The SMILES string of the molecule is COc1cc(Cl)c(C)cc1Nc1nccc(C(=O)NCc2ccncc2)n1. The number of aromatic nitrogens is 3. The molecule has 0 aliphatic heterocycles. The molecule has 2 aromatic heterocycles. The first-order valence-electron chi connectivity index (χ1n) is 8.18. The number of nitrogens with zero attached hydrogens (tertiary/aromatic N) is 3. The Bertz CT molecular complexity index is 950. The number of nitrogens with one attached hydrogen (secondary N) is 2. The minimum Gasteiger partial charge on any atom is -0.495 e. The molecule has 7 nitrogen and oxygen atoms in total. The molecule has 1 aromatic carbocycles. The van der Waals surface area contributed by atoms with Gasteiger partial charge >= 0.3 is 0 Å². The highest BCUT2D eigenvalue weighted by molar-refractivity contribution is 6.31. The zero-order valence-electron chi connectivity index (χ0n) is 14.9. The van der Waals surface area contributed by atoms with Gasteiger partial charge in [-0.3, -0.25) is 9.78 Å². The molecule has 2 N–H and O–H groups in total. The Hall–Kier alpha value is -3.19. The van der Waals surface area contributed by atoms with Crippen LogP contribution in [0.4, 0.5) is 11.6 Å². The number of hydrogen-bond donors (Lipinski definition) is 2. The van der Waals surface area contributed by atoms with E-state index in [1.165, 1.54) is 6.20 Å². The summed E-state index contributed by atoms with van der Waals surface area (Å²) in [5, 5.41) is 6.48. The number of amides is 1. The van der Waals surface area contributed by atoms with Crippen molar-refractivity contribution in [3.8, 4) is 5.75 Å². The molecule has 0 saturated carbocycles. The average molecular weight is 384 g/mol. The number of carbonyl (C=O) groups is 1. The van der Waals surface area contributed by atoms with E-state index in [0.717, 1.165) is 11.1 Å². The second-order valence-corrected chi connectivity index (χ2v) is 6.14. The Morgan fingerprint density at radius 3 is 2.70 bits per heavy atom. The first-order chi connectivity index (χ1) is 13.1. The molecular formula is C19H18ClN5O2. The Balaban J connectivity index is 1.74. The van der Waals surface area contributed by atoms with Gasteiger partial charge in [0.05, 0.1) is 12.8 Å². The van der Waals surface area contributed by atoms with E-state index in [0.29, 0.717) is 23.0 Å². The summed E-state index contributed by atoms with van der Waals surface area (Å²) in [7, 11) is 1.55. The van der Waals surface area contributed by atoms with Gasteiger partial charge in [0.2, 0.25) is 5.95 Å². The number of pyridine rings is 1. The molecule has 0 atom stereocenters. The highest BCUT2D eigenvalue weighted by Gasteiger charge is 2.12. The summed E-state index contributed by atoms with van der Waals surface area (Å²) in [5.74, 6) is 0.546. The minimum atomic E-state index is -0.295. The third-order valence-corrected chi connectivity index (χ3v) is 4.23. The predicted octanol–water partition coefficient (Wildman–Crippen LogP) is 3.52. The summed E-state index contributed by atoms with van der Waals surface area (Å²) in [6, 6.07) is 8.77. The average Bonchev–Trinajstić information content (AvgIpc) is 2.69. The third kappa shape index (κ3) is 4.71. The maximum Gasteiger partial charge on any atom is 0.270 e. The van der Waals surface area contributed by atoms with Crippen molar-refractivity contribution in [1.82, 2.24) is 20.3 Å². The number of carbonyl (C=O) groups excluding carboxylic acids is 1.